The third-order valence-corrected chi connectivity index (χ3v) is 4.59. The van der Waals surface area contributed by atoms with Crippen LogP contribution in [-0.4, -0.2) is 13.2 Å². The van der Waals surface area contributed by atoms with Crippen molar-refractivity contribution in [2.24, 2.45) is 10.2 Å². The molecule has 2 aromatic rings. The number of allylic oxidation sites excluding steroid dienone is 1. The van der Waals surface area contributed by atoms with E-state index in [0.717, 1.165) is 42.3 Å². The van der Waals surface area contributed by atoms with E-state index in [-0.39, 0.29) is 0 Å². The van der Waals surface area contributed by atoms with Crippen molar-refractivity contribution in [2.75, 3.05) is 13.2 Å². The van der Waals surface area contributed by atoms with Crippen LogP contribution in [-0.2, 0) is 0 Å². The average molecular weight is 395 g/mol. The van der Waals surface area contributed by atoms with Gasteiger partial charge in [-0.15, -0.1) is 6.58 Å². The zero-order valence-corrected chi connectivity index (χ0v) is 17.7. The highest BCUT2D eigenvalue weighted by Gasteiger charge is 1.97. The molecule has 0 radical (unpaired) electrons. The van der Waals surface area contributed by atoms with Crippen LogP contribution in [0.1, 0.15) is 58.3 Å². The second-order valence-electron chi connectivity index (χ2n) is 7.02. The van der Waals surface area contributed by atoms with Crippen molar-refractivity contribution in [3.05, 3.63) is 61.2 Å². The molecular formula is C25H34N2O2. The van der Waals surface area contributed by atoms with Gasteiger partial charge in [0.25, 0.3) is 0 Å². The summed E-state index contributed by atoms with van der Waals surface area (Å²) in [5.41, 5.74) is 1.61. The summed E-state index contributed by atoms with van der Waals surface area (Å²) in [6.07, 6.45) is 12.0. The second-order valence-corrected chi connectivity index (χ2v) is 7.02. The van der Waals surface area contributed by atoms with E-state index in [4.69, 9.17) is 9.47 Å². The summed E-state index contributed by atoms with van der Waals surface area (Å²) >= 11 is 0. The number of nitrogens with zero attached hydrogens (tertiary/aromatic N) is 2. The van der Waals surface area contributed by atoms with Crippen LogP contribution in [0.15, 0.2) is 71.4 Å². The molecule has 4 heteroatoms. The number of hydrogen-bond donors (Lipinski definition) is 0. The van der Waals surface area contributed by atoms with Gasteiger partial charge in [-0.1, -0.05) is 38.2 Å². The minimum Gasteiger partial charge on any atom is -0.494 e. The molecule has 0 aliphatic carbocycles. The SMILES string of the molecule is C=CCCCCCCCCCOc1ccc(N=Nc2ccc(OCC)cc2)cc1. The van der Waals surface area contributed by atoms with Crippen LogP contribution in [0.5, 0.6) is 11.5 Å². The van der Waals surface area contributed by atoms with E-state index in [1.54, 1.807) is 0 Å². The maximum atomic E-state index is 5.82. The van der Waals surface area contributed by atoms with Gasteiger partial charge in [0.15, 0.2) is 0 Å². The Balaban J connectivity index is 1.61. The number of unbranched alkanes of at least 4 members (excludes halogenated alkanes) is 7. The molecule has 0 bridgehead atoms. The van der Waals surface area contributed by atoms with Gasteiger partial charge in [-0.3, -0.25) is 0 Å². The van der Waals surface area contributed by atoms with Gasteiger partial charge in [0.1, 0.15) is 11.5 Å². The molecule has 0 aliphatic rings. The summed E-state index contributed by atoms with van der Waals surface area (Å²) in [6.45, 7) is 7.15. The minimum atomic E-state index is 0.658. The van der Waals surface area contributed by atoms with Gasteiger partial charge in [-0.2, -0.15) is 10.2 Å². The molecule has 29 heavy (non-hydrogen) atoms. The van der Waals surface area contributed by atoms with Crippen molar-refractivity contribution >= 4 is 11.4 Å². The van der Waals surface area contributed by atoms with Gasteiger partial charge in [0.05, 0.1) is 24.6 Å². The fraction of sp³-hybridized carbons (Fsp3) is 0.440. The van der Waals surface area contributed by atoms with E-state index in [2.05, 4.69) is 16.8 Å². The Morgan fingerprint density at radius 1 is 0.690 bits per heavy atom. The van der Waals surface area contributed by atoms with Gasteiger partial charge in [0.2, 0.25) is 0 Å². The maximum Gasteiger partial charge on any atom is 0.119 e. The molecule has 4 nitrogen and oxygen atoms in total. The Morgan fingerprint density at radius 3 is 1.69 bits per heavy atom. The average Bonchev–Trinajstić information content (AvgIpc) is 2.76. The molecule has 0 spiro atoms. The standard InChI is InChI=1S/C25H34N2O2/c1-3-5-6-7-8-9-10-11-12-21-29-25-19-15-23(16-20-25)27-26-22-13-17-24(18-14-22)28-4-2/h3,13-20H,1,4-12,21H2,2H3. The molecule has 0 saturated carbocycles. The lowest BCUT2D eigenvalue weighted by Gasteiger charge is -2.06. The number of azo groups is 1. The summed E-state index contributed by atoms with van der Waals surface area (Å²) in [5, 5.41) is 8.53. The van der Waals surface area contributed by atoms with E-state index < -0.39 is 0 Å². The molecule has 0 atom stereocenters. The predicted molar refractivity (Wildman–Crippen MR) is 121 cm³/mol. The van der Waals surface area contributed by atoms with Crippen LogP contribution in [0.25, 0.3) is 0 Å². The summed E-state index contributed by atoms with van der Waals surface area (Å²) in [7, 11) is 0. The highest BCUT2D eigenvalue weighted by molar-refractivity contribution is 5.44. The van der Waals surface area contributed by atoms with Crippen LogP contribution >= 0.6 is 0 Å². The maximum absolute atomic E-state index is 5.82. The Kier molecular flexibility index (Phi) is 11.2. The molecule has 2 aromatic carbocycles. The van der Waals surface area contributed by atoms with Crippen molar-refractivity contribution in [3.63, 3.8) is 0 Å². The third-order valence-electron chi connectivity index (χ3n) is 4.59. The molecule has 156 valence electrons. The minimum absolute atomic E-state index is 0.658. The van der Waals surface area contributed by atoms with Crippen LogP contribution in [0.3, 0.4) is 0 Å². The first-order valence-electron chi connectivity index (χ1n) is 10.8. The molecule has 0 heterocycles. The summed E-state index contributed by atoms with van der Waals surface area (Å²) in [6, 6.07) is 15.3. The molecular weight excluding hydrogens is 360 g/mol. The topological polar surface area (TPSA) is 43.2 Å². The van der Waals surface area contributed by atoms with Crippen molar-refractivity contribution in [3.8, 4) is 11.5 Å². The lowest BCUT2D eigenvalue weighted by molar-refractivity contribution is 0.304. The van der Waals surface area contributed by atoms with Crippen molar-refractivity contribution in [2.45, 2.75) is 58.3 Å². The number of benzene rings is 2. The highest BCUT2D eigenvalue weighted by atomic mass is 16.5. The van der Waals surface area contributed by atoms with Crippen molar-refractivity contribution < 1.29 is 9.47 Å². The molecule has 0 saturated heterocycles. The van der Waals surface area contributed by atoms with E-state index >= 15 is 0 Å². The molecule has 0 aromatic heterocycles. The lowest BCUT2D eigenvalue weighted by Crippen LogP contribution is -1.96. The number of rotatable bonds is 15. The fourth-order valence-electron chi connectivity index (χ4n) is 2.96. The van der Waals surface area contributed by atoms with E-state index in [1.165, 1.54) is 38.5 Å². The van der Waals surface area contributed by atoms with Crippen LogP contribution in [0.2, 0.25) is 0 Å². The normalized spacial score (nSPS) is 10.9. The lowest BCUT2D eigenvalue weighted by atomic mass is 10.1. The van der Waals surface area contributed by atoms with Crippen LogP contribution in [0, 0.1) is 0 Å². The Hall–Kier alpha value is -2.62. The van der Waals surface area contributed by atoms with Crippen molar-refractivity contribution in [1.29, 1.82) is 0 Å². The van der Waals surface area contributed by atoms with Gasteiger partial charge in [-0.05, 0) is 74.7 Å². The first-order valence-corrected chi connectivity index (χ1v) is 10.8. The first kappa shape index (κ1) is 22.7. The Morgan fingerprint density at radius 2 is 1.17 bits per heavy atom. The molecule has 0 aliphatic heterocycles. The number of hydrogen-bond acceptors (Lipinski definition) is 4. The molecule has 0 amide bonds. The molecule has 0 N–H and O–H groups in total. The van der Waals surface area contributed by atoms with E-state index in [1.807, 2.05) is 61.5 Å². The fourth-order valence-corrected chi connectivity index (χ4v) is 2.96. The summed E-state index contributed by atoms with van der Waals surface area (Å²) in [4.78, 5) is 0. The highest BCUT2D eigenvalue weighted by Crippen LogP contribution is 2.23. The zero-order chi connectivity index (χ0) is 20.6. The molecule has 0 fully saturated rings. The van der Waals surface area contributed by atoms with E-state index in [0.29, 0.717) is 6.61 Å². The quantitative estimate of drug-likeness (QED) is 0.174. The van der Waals surface area contributed by atoms with Gasteiger partial charge in [0, 0.05) is 0 Å². The second kappa shape index (κ2) is 14.4. The smallest absolute Gasteiger partial charge is 0.119 e. The molecule has 2 rings (SSSR count). The van der Waals surface area contributed by atoms with Gasteiger partial charge < -0.3 is 9.47 Å². The van der Waals surface area contributed by atoms with Gasteiger partial charge in [-0.25, -0.2) is 0 Å². The Labute approximate surface area is 175 Å². The van der Waals surface area contributed by atoms with Crippen molar-refractivity contribution in [1.82, 2.24) is 0 Å². The zero-order valence-electron chi connectivity index (χ0n) is 17.7. The number of ether oxygens (including phenoxy) is 2. The summed E-state index contributed by atoms with van der Waals surface area (Å²) in [5.74, 6) is 1.73. The van der Waals surface area contributed by atoms with Crippen LogP contribution in [0.4, 0.5) is 11.4 Å². The van der Waals surface area contributed by atoms with Crippen LogP contribution < -0.4 is 9.47 Å². The third kappa shape index (κ3) is 9.93. The summed E-state index contributed by atoms with van der Waals surface area (Å²) < 4.78 is 11.2. The first-order chi connectivity index (χ1) is 14.3. The molecule has 0 unspecified atom stereocenters. The Bertz CT molecular complexity index is 709. The monoisotopic (exact) mass is 394 g/mol. The largest absolute Gasteiger partial charge is 0.494 e. The van der Waals surface area contributed by atoms with Gasteiger partial charge >= 0.3 is 0 Å². The van der Waals surface area contributed by atoms with E-state index in [9.17, 15) is 0 Å². The predicted octanol–water partition coefficient (Wildman–Crippen LogP) is 8.19.